The van der Waals surface area contributed by atoms with Crippen LogP contribution in [0.1, 0.15) is 32.8 Å². The van der Waals surface area contributed by atoms with Gasteiger partial charge in [0.05, 0.1) is 25.5 Å². The lowest BCUT2D eigenvalue weighted by Crippen LogP contribution is -2.26. The van der Waals surface area contributed by atoms with E-state index in [-0.39, 0.29) is 11.9 Å². The molecule has 0 aliphatic carbocycles. The SMILES string of the molecule is COc1ccc2c(c1OC)C(C)=NC(CC(C)C)C(=O)N2. The highest BCUT2D eigenvalue weighted by Gasteiger charge is 2.27. The molecular formula is C16H22N2O3. The van der Waals surface area contributed by atoms with Crippen molar-refractivity contribution in [2.45, 2.75) is 33.2 Å². The monoisotopic (exact) mass is 290 g/mol. The van der Waals surface area contributed by atoms with Crippen LogP contribution in [0.2, 0.25) is 0 Å². The van der Waals surface area contributed by atoms with Gasteiger partial charge < -0.3 is 14.8 Å². The summed E-state index contributed by atoms with van der Waals surface area (Å²) in [4.78, 5) is 16.9. The lowest BCUT2D eigenvalue weighted by atomic mass is 10.0. The first-order chi connectivity index (χ1) is 9.97. The van der Waals surface area contributed by atoms with E-state index in [9.17, 15) is 4.79 Å². The lowest BCUT2D eigenvalue weighted by Gasteiger charge is -2.15. The van der Waals surface area contributed by atoms with Gasteiger partial charge in [-0.25, -0.2) is 0 Å². The smallest absolute Gasteiger partial charge is 0.249 e. The molecule has 0 radical (unpaired) electrons. The fourth-order valence-electron chi connectivity index (χ4n) is 2.57. The summed E-state index contributed by atoms with van der Waals surface area (Å²) < 4.78 is 10.8. The predicted molar refractivity (Wildman–Crippen MR) is 83.6 cm³/mol. The highest BCUT2D eigenvalue weighted by molar-refractivity contribution is 6.13. The second kappa shape index (κ2) is 6.16. The number of nitrogens with one attached hydrogen (secondary N) is 1. The van der Waals surface area contributed by atoms with E-state index in [4.69, 9.17) is 9.47 Å². The van der Waals surface area contributed by atoms with Crippen molar-refractivity contribution in [1.82, 2.24) is 0 Å². The summed E-state index contributed by atoms with van der Waals surface area (Å²) in [5.41, 5.74) is 2.28. The number of hydrogen-bond acceptors (Lipinski definition) is 4. The van der Waals surface area contributed by atoms with Gasteiger partial charge in [0.25, 0.3) is 0 Å². The third kappa shape index (κ3) is 3.01. The minimum atomic E-state index is -0.367. The molecule has 2 rings (SSSR count). The number of benzodiazepines with no additional fused rings is 1. The number of ether oxygens (including phenoxy) is 2. The number of methoxy groups -OCH3 is 2. The van der Waals surface area contributed by atoms with Crippen LogP contribution < -0.4 is 14.8 Å². The lowest BCUT2D eigenvalue weighted by molar-refractivity contribution is -0.117. The Morgan fingerprint density at radius 2 is 2.00 bits per heavy atom. The minimum Gasteiger partial charge on any atom is -0.493 e. The van der Waals surface area contributed by atoms with Crippen LogP contribution >= 0.6 is 0 Å². The molecule has 1 atom stereocenters. The summed E-state index contributed by atoms with van der Waals surface area (Å²) in [6, 6.07) is 3.24. The Bertz CT molecular complexity index is 579. The Balaban J connectivity index is 2.53. The molecule has 5 heteroatoms. The molecular weight excluding hydrogens is 268 g/mol. The van der Waals surface area contributed by atoms with Crippen LogP contribution in [0.15, 0.2) is 17.1 Å². The number of amides is 1. The number of rotatable bonds is 4. The molecule has 1 amide bonds. The summed E-state index contributed by atoms with van der Waals surface area (Å²) in [7, 11) is 3.18. The fourth-order valence-corrected chi connectivity index (χ4v) is 2.57. The molecule has 114 valence electrons. The number of aliphatic imine (C=N–C) groups is 1. The molecule has 0 saturated carbocycles. The van der Waals surface area contributed by atoms with Crippen LogP contribution in [0.5, 0.6) is 11.5 Å². The van der Waals surface area contributed by atoms with Gasteiger partial charge in [-0.05, 0) is 31.4 Å². The van der Waals surface area contributed by atoms with Crippen molar-refractivity contribution in [2.75, 3.05) is 19.5 Å². The topological polar surface area (TPSA) is 59.9 Å². The molecule has 1 N–H and O–H groups in total. The van der Waals surface area contributed by atoms with Crippen molar-refractivity contribution in [1.29, 1.82) is 0 Å². The molecule has 1 heterocycles. The average Bonchev–Trinajstić information content (AvgIpc) is 2.55. The van der Waals surface area contributed by atoms with Gasteiger partial charge in [0.1, 0.15) is 6.04 Å². The van der Waals surface area contributed by atoms with Gasteiger partial charge in [0.2, 0.25) is 5.91 Å². The van der Waals surface area contributed by atoms with Gasteiger partial charge >= 0.3 is 0 Å². The van der Waals surface area contributed by atoms with E-state index in [0.717, 1.165) is 17.7 Å². The first-order valence-electron chi connectivity index (χ1n) is 7.08. The standard InChI is InChI=1S/C16H22N2O3/c1-9(2)8-12-16(19)18-11-6-7-13(20-4)15(21-5)14(11)10(3)17-12/h6-7,9,12H,8H2,1-5H3,(H,18,19). The minimum absolute atomic E-state index is 0.0750. The molecule has 0 fully saturated rings. The van der Waals surface area contributed by atoms with E-state index >= 15 is 0 Å². The van der Waals surface area contributed by atoms with Crippen molar-refractivity contribution in [3.63, 3.8) is 0 Å². The molecule has 0 bridgehead atoms. The molecule has 0 saturated heterocycles. The van der Waals surface area contributed by atoms with Crippen molar-refractivity contribution in [2.24, 2.45) is 10.9 Å². The van der Waals surface area contributed by atoms with Gasteiger partial charge in [-0.15, -0.1) is 0 Å². The summed E-state index contributed by atoms with van der Waals surface area (Å²) >= 11 is 0. The summed E-state index contributed by atoms with van der Waals surface area (Å²) in [5.74, 6) is 1.55. The summed E-state index contributed by atoms with van der Waals surface area (Å²) in [6.07, 6.45) is 0.719. The molecule has 0 aromatic heterocycles. The number of fused-ring (bicyclic) bond motifs is 1. The molecule has 0 spiro atoms. The Morgan fingerprint density at radius 1 is 1.29 bits per heavy atom. The number of hydrogen-bond donors (Lipinski definition) is 1. The van der Waals surface area contributed by atoms with Gasteiger partial charge in [0, 0.05) is 5.71 Å². The quantitative estimate of drug-likeness (QED) is 0.927. The van der Waals surface area contributed by atoms with E-state index in [0.29, 0.717) is 23.1 Å². The van der Waals surface area contributed by atoms with E-state index in [1.165, 1.54) is 0 Å². The van der Waals surface area contributed by atoms with Crippen LogP contribution in [0.3, 0.4) is 0 Å². The van der Waals surface area contributed by atoms with E-state index < -0.39 is 0 Å². The van der Waals surface area contributed by atoms with Crippen molar-refractivity contribution < 1.29 is 14.3 Å². The number of carbonyl (C=O) groups is 1. The largest absolute Gasteiger partial charge is 0.493 e. The van der Waals surface area contributed by atoms with Crippen LogP contribution in [0.4, 0.5) is 5.69 Å². The molecule has 1 aliphatic heterocycles. The molecule has 5 nitrogen and oxygen atoms in total. The van der Waals surface area contributed by atoms with E-state index in [2.05, 4.69) is 24.2 Å². The molecule has 21 heavy (non-hydrogen) atoms. The zero-order valence-corrected chi connectivity index (χ0v) is 13.2. The highest BCUT2D eigenvalue weighted by Crippen LogP contribution is 2.38. The Kier molecular flexibility index (Phi) is 4.50. The van der Waals surface area contributed by atoms with Crippen LogP contribution in [0.25, 0.3) is 0 Å². The first-order valence-corrected chi connectivity index (χ1v) is 7.08. The van der Waals surface area contributed by atoms with Gasteiger partial charge in [0.15, 0.2) is 11.5 Å². The highest BCUT2D eigenvalue weighted by atomic mass is 16.5. The van der Waals surface area contributed by atoms with Gasteiger partial charge in [-0.2, -0.15) is 0 Å². The second-order valence-electron chi connectivity index (χ2n) is 5.57. The zero-order valence-electron chi connectivity index (χ0n) is 13.2. The van der Waals surface area contributed by atoms with Crippen molar-refractivity contribution in [3.05, 3.63) is 17.7 Å². The number of nitrogens with zero attached hydrogens (tertiary/aromatic N) is 1. The normalized spacial score (nSPS) is 17.7. The maximum Gasteiger partial charge on any atom is 0.249 e. The zero-order chi connectivity index (χ0) is 15.6. The third-order valence-corrected chi connectivity index (χ3v) is 3.51. The van der Waals surface area contributed by atoms with E-state index in [1.54, 1.807) is 20.3 Å². The van der Waals surface area contributed by atoms with Crippen molar-refractivity contribution in [3.8, 4) is 11.5 Å². The van der Waals surface area contributed by atoms with Crippen LogP contribution in [0, 0.1) is 5.92 Å². The predicted octanol–water partition coefficient (Wildman–Crippen LogP) is 2.88. The Labute approximate surface area is 125 Å². The Hall–Kier alpha value is -2.04. The summed E-state index contributed by atoms with van der Waals surface area (Å²) in [6.45, 7) is 6.06. The maximum absolute atomic E-state index is 12.3. The molecule has 1 unspecified atom stereocenters. The molecule has 1 aromatic rings. The first kappa shape index (κ1) is 15.4. The number of benzene rings is 1. The maximum atomic E-state index is 12.3. The molecule has 1 aliphatic rings. The third-order valence-electron chi connectivity index (χ3n) is 3.51. The molecule has 1 aromatic carbocycles. The van der Waals surface area contributed by atoms with Crippen LogP contribution in [-0.2, 0) is 4.79 Å². The Morgan fingerprint density at radius 3 is 2.57 bits per heavy atom. The van der Waals surface area contributed by atoms with Crippen molar-refractivity contribution >= 4 is 17.3 Å². The number of anilines is 1. The average molecular weight is 290 g/mol. The van der Waals surface area contributed by atoms with Crippen LogP contribution in [-0.4, -0.2) is 31.9 Å². The number of carbonyl (C=O) groups excluding carboxylic acids is 1. The second-order valence-corrected chi connectivity index (χ2v) is 5.57. The van der Waals surface area contributed by atoms with Gasteiger partial charge in [-0.3, -0.25) is 9.79 Å². The fraction of sp³-hybridized carbons (Fsp3) is 0.500. The van der Waals surface area contributed by atoms with E-state index in [1.807, 2.05) is 13.0 Å². The summed E-state index contributed by atoms with van der Waals surface area (Å²) in [5, 5.41) is 2.95. The van der Waals surface area contributed by atoms with Gasteiger partial charge in [-0.1, -0.05) is 13.8 Å².